The summed E-state index contributed by atoms with van der Waals surface area (Å²) in [5.41, 5.74) is 0. The molecule has 1 unspecified atom stereocenters. The minimum Gasteiger partial charge on any atom is -0.462 e. The third kappa shape index (κ3) is 50.7. The number of esters is 3. The lowest BCUT2D eigenvalue weighted by Crippen LogP contribution is -2.30. The van der Waals surface area contributed by atoms with Crippen LogP contribution in [0.5, 0.6) is 0 Å². The standard InChI is InChI=1S/C57H106O6/c1-4-7-10-13-16-19-22-24-26-27-28-29-31-32-35-38-41-44-47-50-56(59)62-53-54(52-61-55(58)49-46-43-40-37-34-21-18-15-12-9-6-3)63-57(60)51-48-45-42-39-36-33-30-25-23-20-17-14-11-8-5-2/h15,18,25,30,54H,4-14,16-17,19-24,26-29,31-53H2,1-3H3/b18-15-,30-25-. The monoisotopic (exact) mass is 887 g/mol. The van der Waals surface area contributed by atoms with Crippen LogP contribution in [-0.4, -0.2) is 37.2 Å². The van der Waals surface area contributed by atoms with E-state index >= 15 is 0 Å². The van der Waals surface area contributed by atoms with Crippen molar-refractivity contribution in [3.8, 4) is 0 Å². The van der Waals surface area contributed by atoms with Crippen LogP contribution in [0.1, 0.15) is 303 Å². The molecule has 0 rings (SSSR count). The van der Waals surface area contributed by atoms with E-state index in [1.165, 1.54) is 193 Å². The first-order valence-corrected chi connectivity index (χ1v) is 27.8. The second kappa shape index (κ2) is 52.5. The molecule has 6 heteroatoms. The molecule has 0 saturated carbocycles. The molecular weight excluding hydrogens is 781 g/mol. The zero-order valence-electron chi connectivity index (χ0n) is 42.4. The van der Waals surface area contributed by atoms with Crippen LogP contribution in [-0.2, 0) is 28.6 Å². The van der Waals surface area contributed by atoms with E-state index in [0.717, 1.165) is 70.6 Å². The van der Waals surface area contributed by atoms with Crippen LogP contribution in [0.2, 0.25) is 0 Å². The molecule has 0 aliphatic carbocycles. The van der Waals surface area contributed by atoms with Crippen molar-refractivity contribution in [1.82, 2.24) is 0 Å². The normalized spacial score (nSPS) is 12.1. The Morgan fingerprint density at radius 1 is 0.302 bits per heavy atom. The first kappa shape index (κ1) is 60.9. The smallest absolute Gasteiger partial charge is 0.306 e. The molecule has 0 aromatic rings. The van der Waals surface area contributed by atoms with Gasteiger partial charge in [0.1, 0.15) is 13.2 Å². The Morgan fingerprint density at radius 3 is 0.841 bits per heavy atom. The zero-order valence-corrected chi connectivity index (χ0v) is 42.4. The Morgan fingerprint density at radius 2 is 0.540 bits per heavy atom. The third-order valence-corrected chi connectivity index (χ3v) is 12.4. The van der Waals surface area contributed by atoms with Gasteiger partial charge in [0.05, 0.1) is 0 Å². The van der Waals surface area contributed by atoms with E-state index in [1.807, 2.05) is 0 Å². The first-order valence-electron chi connectivity index (χ1n) is 27.8. The third-order valence-electron chi connectivity index (χ3n) is 12.4. The molecular formula is C57H106O6. The number of carbonyl (C=O) groups excluding carboxylic acids is 3. The summed E-state index contributed by atoms with van der Waals surface area (Å²) < 4.78 is 16.8. The van der Waals surface area contributed by atoms with Gasteiger partial charge in [-0.25, -0.2) is 0 Å². The molecule has 0 aliphatic heterocycles. The Labute approximate surface area is 392 Å². The molecule has 0 N–H and O–H groups in total. The number of hydrogen-bond acceptors (Lipinski definition) is 6. The van der Waals surface area contributed by atoms with Gasteiger partial charge >= 0.3 is 17.9 Å². The van der Waals surface area contributed by atoms with E-state index in [4.69, 9.17) is 14.2 Å². The summed E-state index contributed by atoms with van der Waals surface area (Å²) in [7, 11) is 0. The summed E-state index contributed by atoms with van der Waals surface area (Å²) in [6.45, 7) is 6.62. The van der Waals surface area contributed by atoms with Crippen molar-refractivity contribution < 1.29 is 28.6 Å². The van der Waals surface area contributed by atoms with Crippen molar-refractivity contribution in [3.05, 3.63) is 24.3 Å². The van der Waals surface area contributed by atoms with Crippen LogP contribution in [0.25, 0.3) is 0 Å². The average molecular weight is 887 g/mol. The fourth-order valence-corrected chi connectivity index (χ4v) is 8.18. The molecule has 0 fully saturated rings. The number of ether oxygens (including phenoxy) is 3. The topological polar surface area (TPSA) is 78.9 Å². The maximum atomic E-state index is 12.8. The molecule has 0 amide bonds. The molecule has 0 spiro atoms. The fourth-order valence-electron chi connectivity index (χ4n) is 8.18. The lowest BCUT2D eigenvalue weighted by molar-refractivity contribution is -0.167. The van der Waals surface area contributed by atoms with Crippen LogP contribution in [0.15, 0.2) is 24.3 Å². The van der Waals surface area contributed by atoms with Crippen LogP contribution in [0.3, 0.4) is 0 Å². The first-order chi connectivity index (χ1) is 31.0. The average Bonchev–Trinajstić information content (AvgIpc) is 3.28. The minimum absolute atomic E-state index is 0.0732. The molecule has 0 radical (unpaired) electrons. The maximum Gasteiger partial charge on any atom is 0.306 e. The molecule has 0 bridgehead atoms. The largest absolute Gasteiger partial charge is 0.462 e. The predicted molar refractivity (Wildman–Crippen MR) is 270 cm³/mol. The van der Waals surface area contributed by atoms with Crippen LogP contribution >= 0.6 is 0 Å². The Kier molecular flexibility index (Phi) is 50.8. The lowest BCUT2D eigenvalue weighted by Gasteiger charge is -2.18. The van der Waals surface area contributed by atoms with Crippen molar-refractivity contribution in [2.45, 2.75) is 309 Å². The SMILES string of the molecule is CCCC/C=C\CCCCCCCC(=O)OCC(COC(=O)CCCCCCCCCCCCCCCCCCCCC)OC(=O)CCCCCCC/C=C\CCCCCCCC. The van der Waals surface area contributed by atoms with Gasteiger partial charge < -0.3 is 14.2 Å². The van der Waals surface area contributed by atoms with E-state index < -0.39 is 6.10 Å². The highest BCUT2D eigenvalue weighted by Crippen LogP contribution is 2.16. The van der Waals surface area contributed by atoms with Gasteiger partial charge in [-0.15, -0.1) is 0 Å². The minimum atomic E-state index is -0.774. The van der Waals surface area contributed by atoms with Crippen molar-refractivity contribution in [3.63, 3.8) is 0 Å². The van der Waals surface area contributed by atoms with Gasteiger partial charge in [-0.2, -0.15) is 0 Å². The lowest BCUT2D eigenvalue weighted by atomic mass is 10.0. The maximum absolute atomic E-state index is 12.8. The highest BCUT2D eigenvalue weighted by Gasteiger charge is 2.19. The second-order valence-electron chi connectivity index (χ2n) is 18.8. The Hall–Kier alpha value is -2.11. The Bertz CT molecular complexity index is 1020. The molecule has 63 heavy (non-hydrogen) atoms. The number of rotatable bonds is 51. The summed E-state index contributed by atoms with van der Waals surface area (Å²) in [5.74, 6) is -0.876. The summed E-state index contributed by atoms with van der Waals surface area (Å²) in [5, 5.41) is 0. The number of allylic oxidation sites excluding steroid dienone is 4. The molecule has 370 valence electrons. The fraction of sp³-hybridized carbons (Fsp3) is 0.877. The van der Waals surface area contributed by atoms with Crippen molar-refractivity contribution in [1.29, 1.82) is 0 Å². The quantitative estimate of drug-likeness (QED) is 0.0262. The van der Waals surface area contributed by atoms with Gasteiger partial charge in [-0.05, 0) is 64.2 Å². The molecule has 1 atom stereocenters. The van der Waals surface area contributed by atoms with Gasteiger partial charge in [0, 0.05) is 19.3 Å². The Balaban J connectivity index is 4.29. The van der Waals surface area contributed by atoms with Gasteiger partial charge in [0.2, 0.25) is 0 Å². The number of carbonyl (C=O) groups is 3. The van der Waals surface area contributed by atoms with Gasteiger partial charge in [-0.1, -0.05) is 244 Å². The molecule has 6 nitrogen and oxygen atoms in total. The molecule has 0 aliphatic rings. The van der Waals surface area contributed by atoms with E-state index in [9.17, 15) is 14.4 Å². The molecule has 0 heterocycles. The van der Waals surface area contributed by atoms with Crippen molar-refractivity contribution in [2.24, 2.45) is 0 Å². The van der Waals surface area contributed by atoms with E-state index in [1.54, 1.807) is 0 Å². The summed E-state index contributed by atoms with van der Waals surface area (Å²) in [4.78, 5) is 38.0. The highest BCUT2D eigenvalue weighted by molar-refractivity contribution is 5.71. The zero-order chi connectivity index (χ0) is 45.8. The molecule has 0 aromatic carbocycles. The predicted octanol–water partition coefficient (Wildman–Crippen LogP) is 18.3. The van der Waals surface area contributed by atoms with Crippen LogP contribution in [0.4, 0.5) is 0 Å². The number of hydrogen-bond donors (Lipinski definition) is 0. The molecule has 0 aromatic heterocycles. The van der Waals surface area contributed by atoms with Gasteiger partial charge in [0.25, 0.3) is 0 Å². The van der Waals surface area contributed by atoms with Crippen molar-refractivity contribution in [2.75, 3.05) is 13.2 Å². The highest BCUT2D eigenvalue weighted by atomic mass is 16.6. The summed E-state index contributed by atoms with van der Waals surface area (Å²) in [6, 6.07) is 0. The summed E-state index contributed by atoms with van der Waals surface area (Å²) >= 11 is 0. The van der Waals surface area contributed by atoms with Crippen molar-refractivity contribution >= 4 is 17.9 Å². The second-order valence-corrected chi connectivity index (χ2v) is 18.8. The van der Waals surface area contributed by atoms with Crippen LogP contribution < -0.4 is 0 Å². The van der Waals surface area contributed by atoms with Crippen LogP contribution in [0, 0.1) is 0 Å². The number of unbranched alkanes of at least 4 members (excludes halogenated alkanes) is 36. The van der Waals surface area contributed by atoms with Gasteiger partial charge in [0.15, 0.2) is 6.10 Å². The van der Waals surface area contributed by atoms with Gasteiger partial charge in [-0.3, -0.25) is 14.4 Å². The summed E-state index contributed by atoms with van der Waals surface area (Å²) in [6.07, 6.45) is 60.3. The van der Waals surface area contributed by atoms with E-state index in [0.29, 0.717) is 19.3 Å². The van der Waals surface area contributed by atoms with E-state index in [2.05, 4.69) is 45.1 Å². The van der Waals surface area contributed by atoms with E-state index in [-0.39, 0.29) is 31.1 Å². The molecule has 0 saturated heterocycles.